The summed E-state index contributed by atoms with van der Waals surface area (Å²) >= 11 is 12.0. The summed E-state index contributed by atoms with van der Waals surface area (Å²) in [5.74, 6) is -0.214. The third-order valence-electron chi connectivity index (χ3n) is 4.26. The Balaban J connectivity index is 1.88. The summed E-state index contributed by atoms with van der Waals surface area (Å²) in [6, 6.07) is 4.86. The lowest BCUT2D eigenvalue weighted by Gasteiger charge is -2.35. The number of rotatable bonds is 7. The lowest BCUT2D eigenvalue weighted by Crippen LogP contribution is -2.54. The van der Waals surface area contributed by atoms with E-state index in [2.05, 4.69) is 5.32 Å². The molecule has 1 fully saturated rings. The van der Waals surface area contributed by atoms with Crippen molar-refractivity contribution in [2.45, 2.75) is 13.8 Å². The Morgan fingerprint density at radius 3 is 2.35 bits per heavy atom. The predicted molar refractivity (Wildman–Crippen MR) is 105 cm³/mol. The molecule has 1 amide bonds. The van der Waals surface area contributed by atoms with Crippen LogP contribution in [0.4, 0.5) is 5.69 Å². The number of benzene rings is 1. The Hall–Kier alpha value is -0.900. The quantitative estimate of drug-likeness (QED) is 0.730. The van der Waals surface area contributed by atoms with Gasteiger partial charge in [0.2, 0.25) is 5.91 Å². The summed E-state index contributed by atoms with van der Waals surface area (Å²) < 4.78 is 27.9. The van der Waals surface area contributed by atoms with Crippen LogP contribution in [0.2, 0.25) is 10.0 Å². The van der Waals surface area contributed by atoms with Crippen LogP contribution in [-0.2, 0) is 15.0 Å². The van der Waals surface area contributed by atoms with Crippen molar-refractivity contribution in [1.82, 2.24) is 13.5 Å². The Morgan fingerprint density at radius 2 is 1.77 bits per heavy atom. The zero-order valence-corrected chi connectivity index (χ0v) is 17.2. The SMILES string of the molecule is CCN(CC)S(=O)(=O)N1CCN(CC(=O)Nc2cc(Cl)ccc2Cl)CC1. The predicted octanol–water partition coefficient (Wildman–Crippen LogP) is 2.14. The number of hydrogen-bond donors (Lipinski definition) is 1. The topological polar surface area (TPSA) is 73.0 Å². The van der Waals surface area contributed by atoms with E-state index in [9.17, 15) is 13.2 Å². The minimum Gasteiger partial charge on any atom is -0.324 e. The van der Waals surface area contributed by atoms with Crippen LogP contribution >= 0.6 is 23.2 Å². The first-order valence-corrected chi connectivity index (χ1v) is 10.7. The molecule has 146 valence electrons. The summed E-state index contributed by atoms with van der Waals surface area (Å²) in [5.41, 5.74) is 0.465. The van der Waals surface area contributed by atoms with Gasteiger partial charge in [-0.2, -0.15) is 17.0 Å². The van der Waals surface area contributed by atoms with Crippen LogP contribution in [0.1, 0.15) is 13.8 Å². The highest BCUT2D eigenvalue weighted by Crippen LogP contribution is 2.25. The van der Waals surface area contributed by atoms with Gasteiger partial charge in [-0.15, -0.1) is 0 Å². The van der Waals surface area contributed by atoms with Crippen molar-refractivity contribution in [2.75, 3.05) is 51.1 Å². The highest BCUT2D eigenvalue weighted by atomic mass is 35.5. The summed E-state index contributed by atoms with van der Waals surface area (Å²) in [7, 11) is -3.43. The monoisotopic (exact) mass is 422 g/mol. The molecule has 0 aromatic heterocycles. The average molecular weight is 423 g/mol. The van der Waals surface area contributed by atoms with Gasteiger partial charge in [-0.3, -0.25) is 9.69 Å². The number of nitrogens with zero attached hydrogens (tertiary/aromatic N) is 3. The van der Waals surface area contributed by atoms with E-state index in [0.717, 1.165) is 0 Å². The van der Waals surface area contributed by atoms with Gasteiger partial charge in [0.05, 0.1) is 17.3 Å². The highest BCUT2D eigenvalue weighted by molar-refractivity contribution is 7.86. The molecule has 1 saturated heterocycles. The van der Waals surface area contributed by atoms with Crippen molar-refractivity contribution in [3.05, 3.63) is 28.2 Å². The van der Waals surface area contributed by atoms with Crippen molar-refractivity contribution >= 4 is 45.0 Å². The van der Waals surface area contributed by atoms with Crippen molar-refractivity contribution < 1.29 is 13.2 Å². The van der Waals surface area contributed by atoms with Crippen molar-refractivity contribution in [2.24, 2.45) is 0 Å². The van der Waals surface area contributed by atoms with E-state index in [0.29, 0.717) is 55.0 Å². The Kier molecular flexibility index (Phi) is 7.69. The van der Waals surface area contributed by atoms with E-state index >= 15 is 0 Å². The lowest BCUT2D eigenvalue weighted by atomic mass is 10.3. The molecule has 1 heterocycles. The van der Waals surface area contributed by atoms with Crippen LogP contribution in [0.5, 0.6) is 0 Å². The second kappa shape index (κ2) is 9.34. The van der Waals surface area contributed by atoms with Gasteiger partial charge in [0.25, 0.3) is 10.2 Å². The number of piperazine rings is 1. The Morgan fingerprint density at radius 1 is 1.15 bits per heavy atom. The van der Waals surface area contributed by atoms with E-state index in [1.165, 1.54) is 8.61 Å². The zero-order valence-electron chi connectivity index (χ0n) is 14.9. The van der Waals surface area contributed by atoms with Crippen LogP contribution in [-0.4, -0.2) is 73.6 Å². The average Bonchev–Trinajstić information content (AvgIpc) is 2.59. The van der Waals surface area contributed by atoms with Gasteiger partial charge in [0, 0.05) is 44.3 Å². The van der Waals surface area contributed by atoms with E-state index in [-0.39, 0.29) is 12.5 Å². The molecule has 1 aromatic rings. The molecule has 0 atom stereocenters. The zero-order chi connectivity index (χ0) is 19.3. The molecule has 0 radical (unpaired) electrons. The molecule has 0 saturated carbocycles. The molecule has 1 N–H and O–H groups in total. The maximum Gasteiger partial charge on any atom is 0.282 e. The maximum atomic E-state index is 12.5. The highest BCUT2D eigenvalue weighted by Gasteiger charge is 2.31. The van der Waals surface area contributed by atoms with Crippen molar-refractivity contribution in [3.8, 4) is 0 Å². The molecule has 1 aliphatic heterocycles. The molecule has 1 aromatic carbocycles. The molecule has 10 heteroatoms. The van der Waals surface area contributed by atoms with Gasteiger partial charge in [0.1, 0.15) is 0 Å². The summed E-state index contributed by atoms with van der Waals surface area (Å²) in [6.07, 6.45) is 0. The van der Waals surface area contributed by atoms with Crippen LogP contribution < -0.4 is 5.32 Å². The third kappa shape index (κ3) is 5.31. The normalized spacial score (nSPS) is 16.8. The standard InChI is InChI=1S/C16H24Cl2N4O3S/c1-3-21(4-2)26(24,25)22-9-7-20(8-10-22)12-16(23)19-15-11-13(17)5-6-14(15)18/h5-6,11H,3-4,7-10,12H2,1-2H3,(H,19,23). The number of nitrogens with one attached hydrogen (secondary N) is 1. The first-order chi connectivity index (χ1) is 12.3. The molecule has 26 heavy (non-hydrogen) atoms. The molecule has 0 spiro atoms. The summed E-state index contributed by atoms with van der Waals surface area (Å²) in [5, 5.41) is 3.64. The number of anilines is 1. The Labute approximate surface area is 165 Å². The molecule has 2 rings (SSSR count). The van der Waals surface area contributed by atoms with Gasteiger partial charge in [-0.05, 0) is 18.2 Å². The van der Waals surface area contributed by atoms with Crippen LogP contribution in [0.3, 0.4) is 0 Å². The number of amides is 1. The molecular weight excluding hydrogens is 399 g/mol. The fourth-order valence-corrected chi connectivity index (χ4v) is 4.76. The van der Waals surface area contributed by atoms with Gasteiger partial charge in [-0.25, -0.2) is 0 Å². The molecule has 1 aliphatic rings. The van der Waals surface area contributed by atoms with Crippen molar-refractivity contribution in [3.63, 3.8) is 0 Å². The first-order valence-electron chi connectivity index (χ1n) is 8.50. The second-order valence-corrected chi connectivity index (χ2v) is 8.71. The number of carbonyl (C=O) groups is 1. The smallest absolute Gasteiger partial charge is 0.282 e. The molecular formula is C16H24Cl2N4O3S. The fourth-order valence-electron chi connectivity index (χ4n) is 2.82. The molecule has 0 bridgehead atoms. The van der Waals surface area contributed by atoms with E-state index < -0.39 is 10.2 Å². The summed E-state index contributed by atoms with van der Waals surface area (Å²) in [6.45, 7) is 6.43. The Bertz CT molecular complexity index is 733. The van der Waals surface area contributed by atoms with E-state index in [1.54, 1.807) is 18.2 Å². The van der Waals surface area contributed by atoms with Crippen LogP contribution in [0, 0.1) is 0 Å². The molecule has 7 nitrogen and oxygen atoms in total. The van der Waals surface area contributed by atoms with Gasteiger partial charge in [0.15, 0.2) is 0 Å². The third-order valence-corrected chi connectivity index (χ3v) is 7.01. The number of carbonyl (C=O) groups excluding carboxylic acids is 1. The maximum absolute atomic E-state index is 12.5. The minimum absolute atomic E-state index is 0.169. The lowest BCUT2D eigenvalue weighted by molar-refractivity contribution is -0.117. The van der Waals surface area contributed by atoms with E-state index in [1.807, 2.05) is 18.7 Å². The molecule has 0 aliphatic carbocycles. The van der Waals surface area contributed by atoms with Crippen LogP contribution in [0.15, 0.2) is 18.2 Å². The number of halogens is 2. The first kappa shape index (κ1) is 21.4. The minimum atomic E-state index is -3.43. The fraction of sp³-hybridized carbons (Fsp3) is 0.562. The molecule has 0 unspecified atom stereocenters. The largest absolute Gasteiger partial charge is 0.324 e. The second-order valence-electron chi connectivity index (χ2n) is 5.94. The van der Waals surface area contributed by atoms with E-state index in [4.69, 9.17) is 23.2 Å². The van der Waals surface area contributed by atoms with Gasteiger partial charge >= 0.3 is 0 Å². The van der Waals surface area contributed by atoms with Crippen LogP contribution in [0.25, 0.3) is 0 Å². The number of hydrogen-bond acceptors (Lipinski definition) is 4. The summed E-state index contributed by atoms with van der Waals surface area (Å²) in [4.78, 5) is 14.1. The van der Waals surface area contributed by atoms with Crippen molar-refractivity contribution in [1.29, 1.82) is 0 Å². The van der Waals surface area contributed by atoms with Gasteiger partial charge in [-0.1, -0.05) is 37.0 Å². The van der Waals surface area contributed by atoms with Gasteiger partial charge < -0.3 is 5.32 Å².